The highest BCUT2D eigenvalue weighted by molar-refractivity contribution is 7.80. The zero-order valence-electron chi connectivity index (χ0n) is 20.5. The molecule has 2 heterocycles. The highest BCUT2D eigenvalue weighted by Gasteiger charge is 2.62. The van der Waals surface area contributed by atoms with Gasteiger partial charge in [-0.1, -0.05) is 50.1 Å². The zero-order valence-corrected chi connectivity index (χ0v) is 21.3. The van der Waals surface area contributed by atoms with Gasteiger partial charge in [-0.25, -0.2) is 4.79 Å². The molecule has 1 amide bonds. The average molecular weight is 515 g/mol. The smallest absolute Gasteiger partial charge is 0.408 e. The van der Waals surface area contributed by atoms with Crippen molar-refractivity contribution < 1.29 is 24.2 Å². The van der Waals surface area contributed by atoms with E-state index < -0.39 is 35.6 Å². The molecule has 36 heavy (non-hydrogen) atoms. The van der Waals surface area contributed by atoms with Crippen molar-refractivity contribution in [3.8, 4) is 0 Å². The Morgan fingerprint density at radius 1 is 1.33 bits per heavy atom. The number of nitrogens with two attached hydrogens (primary N) is 1. The maximum Gasteiger partial charge on any atom is 0.408 e. The Labute approximate surface area is 216 Å². The van der Waals surface area contributed by atoms with Gasteiger partial charge in [0.2, 0.25) is 0 Å². The summed E-state index contributed by atoms with van der Waals surface area (Å²) in [5.74, 6) is -1.25. The first-order valence-electron chi connectivity index (χ1n) is 12.4. The predicted octanol–water partition coefficient (Wildman–Crippen LogP) is 2.52. The summed E-state index contributed by atoms with van der Waals surface area (Å²) >= 11 is 5.17. The molecule has 4 rings (SSSR count). The Morgan fingerprint density at radius 3 is 2.67 bits per heavy atom. The van der Waals surface area contributed by atoms with Crippen LogP contribution in [0, 0.1) is 11.8 Å². The summed E-state index contributed by atoms with van der Waals surface area (Å²) in [4.78, 5) is 41.3. The van der Waals surface area contributed by atoms with Crippen LogP contribution in [0.3, 0.4) is 0 Å². The number of rotatable bonds is 7. The molecule has 3 unspecified atom stereocenters. The lowest BCUT2D eigenvalue weighted by atomic mass is 9.68. The number of nitrogens with one attached hydrogen (secondary N) is 2. The van der Waals surface area contributed by atoms with E-state index in [9.17, 15) is 19.5 Å². The first kappa shape index (κ1) is 26.1. The molecule has 1 aliphatic carbocycles. The van der Waals surface area contributed by atoms with E-state index in [1.54, 1.807) is 6.08 Å². The first-order chi connectivity index (χ1) is 17.2. The van der Waals surface area contributed by atoms with Crippen LogP contribution in [0.15, 0.2) is 24.8 Å². The topological polar surface area (TPSA) is 134 Å². The highest BCUT2D eigenvalue weighted by Crippen LogP contribution is 2.50. The fraction of sp³-hybridized carbons (Fsp3) is 0.538. The largest absolute Gasteiger partial charge is 0.468 e. The third kappa shape index (κ3) is 4.37. The Morgan fingerprint density at radius 2 is 2.06 bits per heavy atom. The monoisotopic (exact) mass is 514 g/mol. The number of carbonyl (C=O) groups excluding carboxylic acids is 2. The Kier molecular flexibility index (Phi) is 7.65. The molecule has 0 bridgehead atoms. The maximum atomic E-state index is 14.9. The lowest BCUT2D eigenvalue weighted by molar-refractivity contribution is -0.143. The Bertz CT molecular complexity index is 1070. The number of ether oxygens (including phenoxy) is 1. The van der Waals surface area contributed by atoms with Crippen LogP contribution >= 0.6 is 12.2 Å². The van der Waals surface area contributed by atoms with Crippen molar-refractivity contribution in [2.24, 2.45) is 17.6 Å². The van der Waals surface area contributed by atoms with Crippen LogP contribution in [0.25, 0.3) is 6.08 Å². The quantitative estimate of drug-likeness (QED) is 0.320. The van der Waals surface area contributed by atoms with Gasteiger partial charge in [0.25, 0.3) is 0 Å². The highest BCUT2D eigenvalue weighted by atomic mass is 32.1. The molecule has 1 aromatic rings. The van der Waals surface area contributed by atoms with Crippen molar-refractivity contribution in [1.82, 2.24) is 15.5 Å². The second-order valence-electron chi connectivity index (χ2n) is 9.88. The molecule has 0 radical (unpaired) electrons. The Balaban J connectivity index is 1.91. The van der Waals surface area contributed by atoms with Crippen molar-refractivity contribution in [3.63, 3.8) is 0 Å². The van der Waals surface area contributed by atoms with E-state index in [0.717, 1.165) is 43.2 Å². The standard InChI is InChI=1S/C26H34N4O5S/c1-3-15-10-7-11-19-18(15)14-30(25(33)34)26(19,17-12-20(28-13-17)23(32)35-2)22(31)21(29-24(27)36)16-8-5-4-6-9-16/h3,7,10-11,16-17,20-21,28H,1,4-6,8-9,12-14H2,2H3,(H,33,34)(H3,27,29,36)/t17?,20?,21-,26?/m0/s1. The van der Waals surface area contributed by atoms with Crippen LogP contribution in [0.4, 0.5) is 4.79 Å². The number of esters is 1. The van der Waals surface area contributed by atoms with Gasteiger partial charge in [-0.3, -0.25) is 14.5 Å². The number of hydrogen-bond acceptors (Lipinski definition) is 6. The number of carboxylic acid groups (broad SMARTS) is 1. The number of ketones is 1. The number of nitrogens with zero attached hydrogens (tertiary/aromatic N) is 1. The number of methoxy groups -OCH3 is 1. The number of thiocarbonyl (C=S) groups is 1. The van der Waals surface area contributed by atoms with Gasteiger partial charge in [0.05, 0.1) is 19.7 Å². The Hall–Kier alpha value is -2.98. The van der Waals surface area contributed by atoms with E-state index in [1.165, 1.54) is 12.0 Å². The minimum Gasteiger partial charge on any atom is -0.468 e. The van der Waals surface area contributed by atoms with Crippen LogP contribution in [-0.2, 0) is 26.4 Å². The molecule has 0 aromatic heterocycles. The van der Waals surface area contributed by atoms with Crippen molar-refractivity contribution >= 4 is 41.3 Å². The molecule has 10 heteroatoms. The van der Waals surface area contributed by atoms with Crippen molar-refractivity contribution in [2.75, 3.05) is 13.7 Å². The average Bonchev–Trinajstić information content (AvgIpc) is 3.50. The molecule has 1 aromatic carbocycles. The molecule has 194 valence electrons. The molecule has 3 aliphatic rings. The second kappa shape index (κ2) is 10.6. The lowest BCUT2D eigenvalue weighted by Gasteiger charge is -2.44. The van der Waals surface area contributed by atoms with E-state index in [0.29, 0.717) is 5.56 Å². The van der Waals surface area contributed by atoms with Crippen LogP contribution < -0.4 is 16.4 Å². The minimum absolute atomic E-state index is 0.00555. The molecular formula is C26H34N4O5S. The summed E-state index contributed by atoms with van der Waals surface area (Å²) in [6.07, 6.45) is 5.43. The third-order valence-electron chi connectivity index (χ3n) is 8.10. The SMILES string of the molecule is C=Cc1cccc2c1CN(C(=O)O)C2(C(=O)[C@@H](NC(N)=S)C1CCCCC1)C1CNC(C(=O)OC)C1. The fourth-order valence-corrected chi connectivity index (χ4v) is 6.64. The summed E-state index contributed by atoms with van der Waals surface area (Å²) in [6, 6.07) is 4.12. The van der Waals surface area contributed by atoms with Crippen molar-refractivity contribution in [3.05, 3.63) is 41.5 Å². The molecule has 9 nitrogen and oxygen atoms in total. The summed E-state index contributed by atoms with van der Waals surface area (Å²) in [6.45, 7) is 4.21. The molecular weight excluding hydrogens is 480 g/mol. The number of hydrogen-bond donors (Lipinski definition) is 4. The van der Waals surface area contributed by atoms with E-state index in [1.807, 2.05) is 18.2 Å². The fourth-order valence-electron chi connectivity index (χ4n) is 6.51. The number of fused-ring (bicyclic) bond motifs is 1. The summed E-state index contributed by atoms with van der Waals surface area (Å²) < 4.78 is 4.94. The first-order valence-corrected chi connectivity index (χ1v) is 12.8. The molecule has 4 atom stereocenters. The molecule has 1 saturated carbocycles. The molecule has 5 N–H and O–H groups in total. The van der Waals surface area contributed by atoms with Crippen LogP contribution in [0.2, 0.25) is 0 Å². The summed E-state index contributed by atoms with van der Waals surface area (Å²) in [5, 5.41) is 16.7. The lowest BCUT2D eigenvalue weighted by Crippen LogP contribution is -2.63. The third-order valence-corrected chi connectivity index (χ3v) is 8.22. The van der Waals surface area contributed by atoms with Gasteiger partial charge in [-0.05, 0) is 54.1 Å². The van der Waals surface area contributed by atoms with Gasteiger partial charge in [-0.15, -0.1) is 0 Å². The molecule has 0 spiro atoms. The van der Waals surface area contributed by atoms with Crippen LogP contribution in [-0.4, -0.2) is 58.7 Å². The number of amides is 1. The minimum atomic E-state index is -1.53. The van der Waals surface area contributed by atoms with Crippen LogP contribution in [0.1, 0.15) is 55.2 Å². The van der Waals surface area contributed by atoms with Gasteiger partial charge in [-0.2, -0.15) is 0 Å². The molecule has 1 saturated heterocycles. The second-order valence-corrected chi connectivity index (χ2v) is 10.3. The molecule has 2 fully saturated rings. The summed E-state index contributed by atoms with van der Waals surface area (Å²) in [7, 11) is 1.31. The van der Waals surface area contributed by atoms with E-state index >= 15 is 0 Å². The number of carbonyl (C=O) groups is 3. The maximum absolute atomic E-state index is 14.9. The van der Waals surface area contributed by atoms with E-state index in [-0.39, 0.29) is 36.3 Å². The predicted molar refractivity (Wildman–Crippen MR) is 139 cm³/mol. The van der Waals surface area contributed by atoms with Gasteiger partial charge in [0, 0.05) is 12.5 Å². The van der Waals surface area contributed by atoms with E-state index in [2.05, 4.69) is 17.2 Å². The van der Waals surface area contributed by atoms with Crippen molar-refractivity contribution in [2.45, 2.75) is 62.7 Å². The van der Waals surface area contributed by atoms with Gasteiger partial charge in [0.1, 0.15) is 11.6 Å². The summed E-state index contributed by atoms with van der Waals surface area (Å²) in [5.41, 5.74) is 6.53. The van der Waals surface area contributed by atoms with Gasteiger partial charge in [0.15, 0.2) is 10.9 Å². The van der Waals surface area contributed by atoms with Crippen LogP contribution in [0.5, 0.6) is 0 Å². The normalized spacial score (nSPS) is 26.6. The molecule has 2 aliphatic heterocycles. The van der Waals surface area contributed by atoms with E-state index in [4.69, 9.17) is 22.7 Å². The number of benzene rings is 1. The number of Topliss-reactive ketones (excluding diaryl/α,β-unsaturated/α-hetero) is 1. The van der Waals surface area contributed by atoms with Gasteiger partial charge < -0.3 is 26.2 Å². The van der Waals surface area contributed by atoms with Crippen molar-refractivity contribution in [1.29, 1.82) is 0 Å². The van der Waals surface area contributed by atoms with Gasteiger partial charge >= 0.3 is 12.1 Å². The zero-order chi connectivity index (χ0) is 26.0.